The summed E-state index contributed by atoms with van der Waals surface area (Å²) in [6, 6.07) is 4.95. The molecule has 4 N–H and O–H groups in total. The van der Waals surface area contributed by atoms with E-state index in [1.54, 1.807) is 6.07 Å². The van der Waals surface area contributed by atoms with Gasteiger partial charge in [0.15, 0.2) is 5.65 Å². The van der Waals surface area contributed by atoms with Gasteiger partial charge in [0.1, 0.15) is 23.7 Å². The minimum absolute atomic E-state index is 0.105. The van der Waals surface area contributed by atoms with E-state index in [4.69, 9.17) is 11.5 Å². The summed E-state index contributed by atoms with van der Waals surface area (Å²) in [6.07, 6.45) is 3.55. The number of nitrogens with two attached hydrogens (primary N) is 2. The molecule has 2 heterocycles. The largest absolute Gasteiger partial charge is 0.396 e. The highest BCUT2D eigenvalue weighted by atomic mass is 19.1. The number of fused-ring (bicyclic) bond motifs is 1. The zero-order valence-electron chi connectivity index (χ0n) is 11.1. The van der Waals surface area contributed by atoms with Crippen molar-refractivity contribution >= 4 is 22.5 Å². The van der Waals surface area contributed by atoms with Crippen molar-refractivity contribution in [2.75, 3.05) is 11.5 Å². The number of benzene rings is 1. The third-order valence-corrected chi connectivity index (χ3v) is 3.68. The van der Waals surface area contributed by atoms with Crippen LogP contribution in [0, 0.1) is 5.82 Å². The lowest BCUT2D eigenvalue weighted by molar-refractivity contribution is 0.632. The molecule has 21 heavy (non-hydrogen) atoms. The van der Waals surface area contributed by atoms with Crippen LogP contribution in [0.2, 0.25) is 0 Å². The van der Waals surface area contributed by atoms with Gasteiger partial charge in [0.05, 0.1) is 17.1 Å². The first-order valence-electron chi connectivity index (χ1n) is 6.69. The van der Waals surface area contributed by atoms with E-state index < -0.39 is 5.82 Å². The van der Waals surface area contributed by atoms with Crippen LogP contribution in [0.4, 0.5) is 15.9 Å². The number of nitrogens with zero attached hydrogens (tertiary/aromatic N) is 4. The second-order valence-electron chi connectivity index (χ2n) is 5.22. The Balaban J connectivity index is 2.01. The molecule has 1 aromatic carbocycles. The summed E-state index contributed by atoms with van der Waals surface area (Å²) in [5.41, 5.74) is 13.5. The van der Waals surface area contributed by atoms with Crippen LogP contribution >= 0.6 is 0 Å². The molecule has 0 saturated heterocycles. The minimum atomic E-state index is -0.475. The van der Waals surface area contributed by atoms with Gasteiger partial charge in [0.2, 0.25) is 0 Å². The van der Waals surface area contributed by atoms with Crippen LogP contribution in [0.5, 0.6) is 0 Å². The van der Waals surface area contributed by atoms with Crippen LogP contribution < -0.4 is 11.5 Å². The average Bonchev–Trinajstić information content (AvgIpc) is 3.23. The van der Waals surface area contributed by atoms with E-state index in [-0.39, 0.29) is 5.69 Å². The van der Waals surface area contributed by atoms with Gasteiger partial charge in [-0.15, -0.1) is 0 Å². The van der Waals surface area contributed by atoms with Crippen LogP contribution in [0.15, 0.2) is 24.5 Å². The van der Waals surface area contributed by atoms with Crippen LogP contribution in [-0.4, -0.2) is 19.7 Å². The lowest BCUT2D eigenvalue weighted by Crippen LogP contribution is -1.98. The number of hydrogen-bond donors (Lipinski definition) is 2. The lowest BCUT2D eigenvalue weighted by atomic mass is 10.1. The molecule has 0 aliphatic heterocycles. The predicted molar refractivity (Wildman–Crippen MR) is 77.8 cm³/mol. The third-order valence-electron chi connectivity index (χ3n) is 3.68. The van der Waals surface area contributed by atoms with E-state index in [1.165, 1.54) is 18.5 Å². The number of anilines is 2. The zero-order chi connectivity index (χ0) is 14.6. The SMILES string of the molecule is Nc1ccc(-c2nn(C3CC3)c3ncnc(N)c23)cc1F. The van der Waals surface area contributed by atoms with Gasteiger partial charge in [-0.3, -0.25) is 0 Å². The fourth-order valence-electron chi connectivity index (χ4n) is 2.45. The first-order valence-corrected chi connectivity index (χ1v) is 6.69. The molecule has 0 unspecified atom stereocenters. The molecule has 0 spiro atoms. The monoisotopic (exact) mass is 284 g/mol. The fourth-order valence-corrected chi connectivity index (χ4v) is 2.45. The van der Waals surface area contributed by atoms with Crippen molar-refractivity contribution < 1.29 is 4.39 Å². The van der Waals surface area contributed by atoms with Crippen molar-refractivity contribution in [2.24, 2.45) is 0 Å². The van der Waals surface area contributed by atoms with Crippen LogP contribution in [-0.2, 0) is 0 Å². The van der Waals surface area contributed by atoms with Gasteiger partial charge in [-0.25, -0.2) is 19.0 Å². The highest BCUT2D eigenvalue weighted by Crippen LogP contribution is 2.40. The fraction of sp³-hybridized carbons (Fsp3) is 0.214. The van der Waals surface area contributed by atoms with Crippen molar-refractivity contribution in [1.29, 1.82) is 0 Å². The summed E-state index contributed by atoms with van der Waals surface area (Å²) in [5, 5.41) is 5.24. The van der Waals surface area contributed by atoms with Crippen LogP contribution in [0.3, 0.4) is 0 Å². The summed E-state index contributed by atoms with van der Waals surface area (Å²) >= 11 is 0. The predicted octanol–water partition coefficient (Wildman–Crippen LogP) is 2.13. The number of nitrogen functional groups attached to an aromatic ring is 2. The van der Waals surface area contributed by atoms with Crippen molar-refractivity contribution in [3.05, 3.63) is 30.3 Å². The molecule has 1 fully saturated rings. The number of hydrogen-bond acceptors (Lipinski definition) is 5. The summed E-state index contributed by atoms with van der Waals surface area (Å²) in [5.74, 6) is -0.129. The number of aromatic nitrogens is 4. The van der Waals surface area contributed by atoms with Crippen LogP contribution in [0.1, 0.15) is 18.9 Å². The molecule has 6 nitrogen and oxygen atoms in total. The Morgan fingerprint density at radius 1 is 1.19 bits per heavy atom. The summed E-state index contributed by atoms with van der Waals surface area (Å²) in [6.45, 7) is 0. The molecule has 7 heteroatoms. The van der Waals surface area contributed by atoms with E-state index in [2.05, 4.69) is 15.1 Å². The minimum Gasteiger partial charge on any atom is -0.396 e. The van der Waals surface area contributed by atoms with Crippen molar-refractivity contribution in [3.8, 4) is 11.3 Å². The Kier molecular flexibility index (Phi) is 2.38. The normalized spacial score (nSPS) is 14.7. The van der Waals surface area contributed by atoms with Crippen molar-refractivity contribution in [2.45, 2.75) is 18.9 Å². The van der Waals surface area contributed by atoms with E-state index in [9.17, 15) is 4.39 Å². The zero-order valence-corrected chi connectivity index (χ0v) is 11.1. The topological polar surface area (TPSA) is 95.6 Å². The quantitative estimate of drug-likeness (QED) is 0.703. The maximum absolute atomic E-state index is 13.7. The molecule has 106 valence electrons. The van der Waals surface area contributed by atoms with E-state index in [0.29, 0.717) is 34.2 Å². The highest BCUT2D eigenvalue weighted by Gasteiger charge is 2.29. The van der Waals surface area contributed by atoms with Crippen LogP contribution in [0.25, 0.3) is 22.3 Å². The van der Waals surface area contributed by atoms with Gasteiger partial charge in [-0.2, -0.15) is 5.10 Å². The maximum Gasteiger partial charge on any atom is 0.164 e. The first kappa shape index (κ1) is 12.1. The van der Waals surface area contributed by atoms with E-state index in [1.807, 2.05) is 4.68 Å². The van der Waals surface area contributed by atoms with E-state index >= 15 is 0 Å². The Morgan fingerprint density at radius 2 is 2.00 bits per heavy atom. The van der Waals surface area contributed by atoms with Gasteiger partial charge in [0.25, 0.3) is 0 Å². The molecule has 0 amide bonds. The maximum atomic E-state index is 13.7. The molecule has 0 atom stereocenters. The van der Waals surface area contributed by atoms with Gasteiger partial charge in [-0.05, 0) is 25.0 Å². The lowest BCUT2D eigenvalue weighted by Gasteiger charge is -2.01. The molecular weight excluding hydrogens is 271 g/mol. The Morgan fingerprint density at radius 3 is 2.71 bits per heavy atom. The Hall–Kier alpha value is -2.70. The second kappa shape index (κ2) is 4.15. The van der Waals surface area contributed by atoms with E-state index in [0.717, 1.165) is 12.8 Å². The molecule has 1 saturated carbocycles. The molecule has 0 radical (unpaired) electrons. The van der Waals surface area contributed by atoms with Gasteiger partial charge >= 0.3 is 0 Å². The second-order valence-corrected chi connectivity index (χ2v) is 5.22. The third kappa shape index (κ3) is 1.81. The van der Waals surface area contributed by atoms with Crippen molar-refractivity contribution in [3.63, 3.8) is 0 Å². The smallest absolute Gasteiger partial charge is 0.164 e. The number of halogens is 1. The Labute approximate surface area is 119 Å². The van der Waals surface area contributed by atoms with Crippen molar-refractivity contribution in [1.82, 2.24) is 19.7 Å². The Bertz CT molecular complexity index is 852. The standard InChI is InChI=1S/C14H13FN6/c15-9-5-7(1-4-10(9)16)12-11-13(17)18-6-19-14(11)21(20-12)8-2-3-8/h1,4-6,8H,2-3,16H2,(H2,17,18,19). The summed E-state index contributed by atoms with van der Waals surface area (Å²) < 4.78 is 15.6. The average molecular weight is 284 g/mol. The van der Waals surface area contributed by atoms with Gasteiger partial charge in [-0.1, -0.05) is 6.07 Å². The first-order chi connectivity index (χ1) is 10.1. The summed E-state index contributed by atoms with van der Waals surface area (Å²) in [7, 11) is 0. The molecule has 3 aromatic rings. The number of rotatable bonds is 2. The highest BCUT2D eigenvalue weighted by molar-refractivity contribution is 5.98. The molecule has 1 aliphatic rings. The molecular formula is C14H13FN6. The molecule has 0 bridgehead atoms. The molecule has 2 aromatic heterocycles. The summed E-state index contributed by atoms with van der Waals surface area (Å²) in [4.78, 5) is 8.30. The molecule has 4 rings (SSSR count). The van der Waals surface area contributed by atoms with Gasteiger partial charge in [0, 0.05) is 5.56 Å². The molecule has 1 aliphatic carbocycles. The van der Waals surface area contributed by atoms with Gasteiger partial charge < -0.3 is 11.5 Å².